The minimum atomic E-state index is -0.910. The molecule has 1 aromatic carbocycles. The largest absolute Gasteiger partial charge is 0.436 e. The molecule has 2 N–H and O–H groups in total. The third-order valence-electron chi connectivity index (χ3n) is 3.77. The third-order valence-corrected chi connectivity index (χ3v) is 3.77. The molecule has 0 saturated carbocycles. The summed E-state index contributed by atoms with van der Waals surface area (Å²) < 4.78 is 5.48. The van der Waals surface area contributed by atoms with E-state index in [1.54, 1.807) is 0 Å². The van der Waals surface area contributed by atoms with Gasteiger partial charge in [-0.15, -0.1) is 0 Å². The van der Waals surface area contributed by atoms with Crippen LogP contribution in [0.3, 0.4) is 0 Å². The van der Waals surface area contributed by atoms with Crippen molar-refractivity contribution in [2.75, 3.05) is 0 Å². The number of cyclic esters (lactones) is 1. The second kappa shape index (κ2) is 5.74. The van der Waals surface area contributed by atoms with Crippen LogP contribution in [0.25, 0.3) is 0 Å². The molecule has 104 valence electrons. The first-order valence-electron chi connectivity index (χ1n) is 7.27. The normalized spacial score (nSPS) is 21.3. The number of carbonyl (C=O) groups is 1. The molecule has 0 saturated heterocycles. The zero-order valence-electron chi connectivity index (χ0n) is 11.9. The molecule has 0 fully saturated rings. The minimum absolute atomic E-state index is 0.271. The number of hydrogen-bond acceptors (Lipinski definition) is 3. The standard InChI is InChI=1S/C16H23NO2/c1-3-5-8-12-9-7-10-13-14(12)16(17,11-6-4-2)19-15(13)18/h7,9-10H,3-6,8,11,17H2,1-2H3. The van der Waals surface area contributed by atoms with Gasteiger partial charge in [-0.25, -0.2) is 4.79 Å². The van der Waals surface area contributed by atoms with Crippen molar-refractivity contribution >= 4 is 5.97 Å². The van der Waals surface area contributed by atoms with Crippen LogP contribution >= 0.6 is 0 Å². The van der Waals surface area contributed by atoms with Gasteiger partial charge in [-0.2, -0.15) is 0 Å². The second-order valence-electron chi connectivity index (χ2n) is 5.33. The average Bonchev–Trinajstić information content (AvgIpc) is 2.67. The van der Waals surface area contributed by atoms with Gasteiger partial charge in [-0.1, -0.05) is 38.8 Å². The van der Waals surface area contributed by atoms with Crippen LogP contribution in [-0.2, 0) is 16.9 Å². The predicted octanol–water partition coefficient (Wildman–Crippen LogP) is 3.50. The molecule has 1 aromatic rings. The van der Waals surface area contributed by atoms with E-state index in [1.165, 1.54) is 5.56 Å². The highest BCUT2D eigenvalue weighted by molar-refractivity contribution is 5.95. The molecule has 3 heteroatoms. The molecule has 0 spiro atoms. The molecule has 1 aliphatic rings. The molecule has 0 radical (unpaired) electrons. The number of aryl methyl sites for hydroxylation is 1. The van der Waals surface area contributed by atoms with Crippen molar-refractivity contribution < 1.29 is 9.53 Å². The van der Waals surface area contributed by atoms with Crippen molar-refractivity contribution in [2.45, 2.75) is 58.1 Å². The van der Waals surface area contributed by atoms with Gasteiger partial charge in [-0.3, -0.25) is 5.73 Å². The van der Waals surface area contributed by atoms with E-state index in [4.69, 9.17) is 10.5 Å². The van der Waals surface area contributed by atoms with E-state index < -0.39 is 5.72 Å². The van der Waals surface area contributed by atoms with Crippen molar-refractivity contribution in [3.63, 3.8) is 0 Å². The fourth-order valence-corrected chi connectivity index (χ4v) is 2.73. The average molecular weight is 261 g/mol. The number of ether oxygens (including phenoxy) is 1. The van der Waals surface area contributed by atoms with E-state index in [9.17, 15) is 4.79 Å². The van der Waals surface area contributed by atoms with E-state index in [1.807, 2.05) is 12.1 Å². The van der Waals surface area contributed by atoms with Crippen LogP contribution in [0.2, 0.25) is 0 Å². The van der Waals surface area contributed by atoms with E-state index in [-0.39, 0.29) is 5.97 Å². The summed E-state index contributed by atoms with van der Waals surface area (Å²) in [5.41, 5.74) is 8.23. The Kier molecular flexibility index (Phi) is 4.25. The smallest absolute Gasteiger partial charge is 0.340 e. The van der Waals surface area contributed by atoms with Gasteiger partial charge in [0.2, 0.25) is 0 Å². The van der Waals surface area contributed by atoms with Gasteiger partial charge < -0.3 is 4.74 Å². The van der Waals surface area contributed by atoms with Crippen LogP contribution < -0.4 is 5.73 Å². The van der Waals surface area contributed by atoms with E-state index >= 15 is 0 Å². The van der Waals surface area contributed by atoms with Gasteiger partial charge in [0.1, 0.15) is 0 Å². The first kappa shape index (κ1) is 14.1. The summed E-state index contributed by atoms with van der Waals surface area (Å²) in [4.78, 5) is 12.0. The molecule has 0 amide bonds. The lowest BCUT2D eigenvalue weighted by molar-refractivity contribution is -0.0109. The van der Waals surface area contributed by atoms with Crippen molar-refractivity contribution in [3.05, 3.63) is 34.9 Å². The second-order valence-corrected chi connectivity index (χ2v) is 5.33. The highest BCUT2D eigenvalue weighted by atomic mass is 16.6. The van der Waals surface area contributed by atoms with Gasteiger partial charge in [0, 0.05) is 12.0 Å². The summed E-state index contributed by atoms with van der Waals surface area (Å²) in [6.07, 6.45) is 5.90. The zero-order valence-corrected chi connectivity index (χ0v) is 11.9. The van der Waals surface area contributed by atoms with E-state index in [2.05, 4.69) is 19.9 Å². The molecule has 0 aliphatic carbocycles. The summed E-state index contributed by atoms with van der Waals surface area (Å²) in [6, 6.07) is 5.83. The fourth-order valence-electron chi connectivity index (χ4n) is 2.73. The quantitative estimate of drug-likeness (QED) is 0.797. The van der Waals surface area contributed by atoms with Gasteiger partial charge in [-0.05, 0) is 30.9 Å². The Labute approximate surface area is 115 Å². The van der Waals surface area contributed by atoms with Gasteiger partial charge in [0.15, 0.2) is 5.72 Å². The highest BCUT2D eigenvalue weighted by Gasteiger charge is 2.43. The van der Waals surface area contributed by atoms with Gasteiger partial charge in [0.05, 0.1) is 5.56 Å². The van der Waals surface area contributed by atoms with Crippen molar-refractivity contribution in [2.24, 2.45) is 5.73 Å². The van der Waals surface area contributed by atoms with Crippen LogP contribution in [0.1, 0.15) is 67.4 Å². The first-order chi connectivity index (χ1) is 9.12. The Morgan fingerprint density at radius 3 is 2.63 bits per heavy atom. The lowest BCUT2D eigenvalue weighted by Crippen LogP contribution is -2.37. The van der Waals surface area contributed by atoms with E-state index in [0.29, 0.717) is 12.0 Å². The molecule has 0 aromatic heterocycles. The maximum absolute atomic E-state index is 12.0. The molecule has 2 rings (SSSR count). The van der Waals surface area contributed by atoms with E-state index in [0.717, 1.165) is 37.7 Å². The molecule has 3 nitrogen and oxygen atoms in total. The molecular formula is C16H23NO2. The Balaban J connectivity index is 2.38. The van der Waals surface area contributed by atoms with Crippen LogP contribution in [0.4, 0.5) is 0 Å². The van der Waals surface area contributed by atoms with Gasteiger partial charge >= 0.3 is 5.97 Å². The maximum Gasteiger partial charge on any atom is 0.340 e. The number of benzene rings is 1. The van der Waals surface area contributed by atoms with Gasteiger partial charge in [0.25, 0.3) is 0 Å². The summed E-state index contributed by atoms with van der Waals surface area (Å²) in [7, 11) is 0. The highest BCUT2D eigenvalue weighted by Crippen LogP contribution is 2.38. The number of esters is 1. The first-order valence-corrected chi connectivity index (χ1v) is 7.27. The Hall–Kier alpha value is -1.35. The molecule has 1 atom stereocenters. The summed E-state index contributed by atoms with van der Waals surface area (Å²) in [6.45, 7) is 4.28. The molecular weight excluding hydrogens is 238 g/mol. The number of hydrogen-bond donors (Lipinski definition) is 1. The van der Waals surface area contributed by atoms with Crippen LogP contribution in [0.15, 0.2) is 18.2 Å². The fraction of sp³-hybridized carbons (Fsp3) is 0.562. The predicted molar refractivity (Wildman–Crippen MR) is 75.9 cm³/mol. The maximum atomic E-state index is 12.0. The number of nitrogens with two attached hydrogens (primary N) is 1. The Morgan fingerprint density at radius 1 is 1.21 bits per heavy atom. The molecule has 1 heterocycles. The van der Waals surface area contributed by atoms with Crippen molar-refractivity contribution in [1.82, 2.24) is 0 Å². The molecule has 19 heavy (non-hydrogen) atoms. The number of carbonyl (C=O) groups excluding carboxylic acids is 1. The lowest BCUT2D eigenvalue weighted by atomic mass is 9.89. The molecule has 1 unspecified atom stereocenters. The summed E-state index contributed by atoms with van der Waals surface area (Å²) >= 11 is 0. The SMILES string of the molecule is CCCCc1cccc2c1C(N)(CCCC)OC2=O. The summed E-state index contributed by atoms with van der Waals surface area (Å²) in [5.74, 6) is -0.271. The van der Waals surface area contributed by atoms with Crippen LogP contribution in [-0.4, -0.2) is 5.97 Å². The number of fused-ring (bicyclic) bond motifs is 1. The monoisotopic (exact) mass is 261 g/mol. The third kappa shape index (κ3) is 2.66. The Bertz CT molecular complexity index is 470. The number of unbranched alkanes of at least 4 members (excludes halogenated alkanes) is 2. The minimum Gasteiger partial charge on any atom is -0.436 e. The molecule has 1 aliphatic heterocycles. The van der Waals surface area contributed by atoms with Crippen LogP contribution in [0.5, 0.6) is 0 Å². The molecule has 0 bridgehead atoms. The Morgan fingerprint density at radius 2 is 1.95 bits per heavy atom. The zero-order chi connectivity index (χ0) is 13.9. The van der Waals surface area contributed by atoms with Crippen molar-refractivity contribution in [3.8, 4) is 0 Å². The lowest BCUT2D eigenvalue weighted by Gasteiger charge is -2.25. The van der Waals surface area contributed by atoms with Crippen molar-refractivity contribution in [1.29, 1.82) is 0 Å². The summed E-state index contributed by atoms with van der Waals surface area (Å²) in [5, 5.41) is 0. The van der Waals surface area contributed by atoms with Crippen LogP contribution in [0, 0.1) is 0 Å². The topological polar surface area (TPSA) is 52.3 Å². The number of rotatable bonds is 6.